The Labute approximate surface area is 164 Å². The van der Waals surface area contributed by atoms with Gasteiger partial charge in [-0.1, -0.05) is 12.1 Å². The van der Waals surface area contributed by atoms with Crippen LogP contribution in [0.3, 0.4) is 0 Å². The van der Waals surface area contributed by atoms with Crippen molar-refractivity contribution in [2.45, 2.75) is 31.5 Å². The zero-order chi connectivity index (χ0) is 20.7. The Morgan fingerprint density at radius 2 is 2.10 bits per heavy atom. The molecule has 0 bridgehead atoms. The molecule has 0 unspecified atom stereocenters. The number of nitrogens with one attached hydrogen (secondary N) is 1. The van der Waals surface area contributed by atoms with Gasteiger partial charge < -0.3 is 31.1 Å². The van der Waals surface area contributed by atoms with Crippen LogP contribution in [-0.2, 0) is 4.74 Å². The lowest BCUT2D eigenvalue weighted by atomic mass is 10.1. The molecule has 1 aliphatic rings. The molecule has 6 N–H and O–H groups in total. The van der Waals surface area contributed by atoms with E-state index in [2.05, 4.69) is 20.3 Å². The maximum Gasteiger partial charge on any atom is 0.231 e. The molecule has 0 aliphatic carbocycles. The lowest BCUT2D eigenvalue weighted by Crippen LogP contribution is -2.33. The summed E-state index contributed by atoms with van der Waals surface area (Å²) in [5, 5.41) is 32.6. The highest BCUT2D eigenvalue weighted by atomic mass is 16.6. The summed E-state index contributed by atoms with van der Waals surface area (Å²) in [5.74, 6) is 0.182. The Morgan fingerprint density at radius 1 is 1.31 bits per heavy atom. The van der Waals surface area contributed by atoms with Crippen LogP contribution >= 0.6 is 0 Å². The maximum absolute atomic E-state index is 11.6. The van der Waals surface area contributed by atoms with E-state index in [9.17, 15) is 20.1 Å². The minimum Gasteiger partial charge on any atom is -0.394 e. The third-order valence-corrected chi connectivity index (χ3v) is 4.76. The lowest BCUT2D eigenvalue weighted by Gasteiger charge is -2.17. The normalized spacial score (nSPS) is 24.1. The number of hydrogen-bond donors (Lipinski definition) is 5. The highest BCUT2D eigenvalue weighted by Gasteiger charge is 2.44. The zero-order valence-electron chi connectivity index (χ0n) is 15.4. The number of aliphatic hydroxyl groups excluding tert-OH is 3. The van der Waals surface area contributed by atoms with E-state index in [-0.39, 0.29) is 23.2 Å². The fraction of sp³-hybridized carbons (Fsp3) is 0.333. The van der Waals surface area contributed by atoms with E-state index in [1.165, 1.54) is 17.8 Å². The van der Waals surface area contributed by atoms with Crippen molar-refractivity contribution in [3.8, 4) is 0 Å². The fourth-order valence-corrected chi connectivity index (χ4v) is 3.24. The number of benzene rings is 1. The van der Waals surface area contributed by atoms with Gasteiger partial charge in [0.15, 0.2) is 23.5 Å². The Morgan fingerprint density at radius 3 is 2.79 bits per heavy atom. The molecule has 3 heterocycles. The minimum atomic E-state index is -1.29. The highest BCUT2D eigenvalue weighted by molar-refractivity contribution is 5.95. The van der Waals surface area contributed by atoms with Crippen molar-refractivity contribution in [3.63, 3.8) is 0 Å². The molecule has 29 heavy (non-hydrogen) atoms. The Balaban J connectivity index is 1.70. The number of anilines is 3. The molecule has 4 rings (SSSR count). The number of ketones is 1. The van der Waals surface area contributed by atoms with Crippen molar-refractivity contribution in [1.29, 1.82) is 0 Å². The van der Waals surface area contributed by atoms with E-state index in [1.807, 2.05) is 0 Å². The standard InChI is InChI=1S/C18H20N6O5/c1-8(26)9-3-2-4-10(5-9)21-18-22-15(19)12-16(23-18)24(7-20-12)17-14(28)13(27)11(6-25)29-17/h2-5,7,11,13-14,17,25,27-28H,6H2,1H3,(H3,19,21,22,23)/t11-,13-,14-,17-/m1/s1. The number of carbonyl (C=O) groups excluding carboxylic acids is 1. The average molecular weight is 400 g/mol. The van der Waals surface area contributed by atoms with Gasteiger partial charge in [-0.05, 0) is 19.1 Å². The van der Waals surface area contributed by atoms with Crippen molar-refractivity contribution < 1.29 is 24.9 Å². The first-order valence-electron chi connectivity index (χ1n) is 8.89. The summed E-state index contributed by atoms with van der Waals surface area (Å²) >= 11 is 0. The second-order valence-electron chi connectivity index (χ2n) is 6.75. The average Bonchev–Trinajstić information content (AvgIpc) is 3.24. The molecule has 1 aromatic carbocycles. The van der Waals surface area contributed by atoms with E-state index in [0.29, 0.717) is 16.8 Å². The van der Waals surface area contributed by atoms with Crippen molar-refractivity contribution in [1.82, 2.24) is 19.5 Å². The molecule has 11 nitrogen and oxygen atoms in total. The van der Waals surface area contributed by atoms with Crippen LogP contribution in [0, 0.1) is 0 Å². The van der Waals surface area contributed by atoms with Gasteiger partial charge in [-0.15, -0.1) is 0 Å². The van der Waals surface area contributed by atoms with Crippen molar-refractivity contribution in [2.75, 3.05) is 17.7 Å². The van der Waals surface area contributed by atoms with Crippen molar-refractivity contribution >= 4 is 34.4 Å². The highest BCUT2D eigenvalue weighted by Crippen LogP contribution is 2.32. The first-order valence-corrected chi connectivity index (χ1v) is 8.89. The molecule has 11 heteroatoms. The quantitative estimate of drug-likeness (QED) is 0.367. The number of aromatic nitrogens is 4. The molecule has 0 spiro atoms. The van der Waals surface area contributed by atoms with Gasteiger partial charge in [0.1, 0.15) is 23.8 Å². The number of imidazole rings is 1. The first kappa shape index (κ1) is 19.2. The molecule has 3 aromatic rings. The van der Waals surface area contributed by atoms with Gasteiger partial charge in [-0.3, -0.25) is 9.36 Å². The summed E-state index contributed by atoms with van der Waals surface area (Å²) < 4.78 is 6.97. The second kappa shape index (κ2) is 7.37. The van der Waals surface area contributed by atoms with E-state index in [1.54, 1.807) is 24.3 Å². The van der Waals surface area contributed by atoms with Crippen LogP contribution in [0.2, 0.25) is 0 Å². The van der Waals surface area contributed by atoms with Crippen LogP contribution in [0.4, 0.5) is 17.5 Å². The number of fused-ring (bicyclic) bond motifs is 1. The summed E-state index contributed by atoms with van der Waals surface area (Å²) in [5.41, 5.74) is 7.70. The molecule has 1 aliphatic heterocycles. The summed E-state index contributed by atoms with van der Waals surface area (Å²) in [6.45, 7) is 1.02. The van der Waals surface area contributed by atoms with Crippen LogP contribution in [0.5, 0.6) is 0 Å². The molecular formula is C18H20N6O5. The van der Waals surface area contributed by atoms with Crippen LogP contribution < -0.4 is 11.1 Å². The summed E-state index contributed by atoms with van der Waals surface area (Å²) in [6, 6.07) is 6.84. The van der Waals surface area contributed by atoms with Crippen LogP contribution in [0.25, 0.3) is 11.2 Å². The van der Waals surface area contributed by atoms with Gasteiger partial charge >= 0.3 is 0 Å². The molecule has 0 radical (unpaired) electrons. The summed E-state index contributed by atoms with van der Waals surface area (Å²) in [7, 11) is 0. The van der Waals surface area contributed by atoms with E-state index in [4.69, 9.17) is 10.5 Å². The number of hydrogen-bond acceptors (Lipinski definition) is 10. The van der Waals surface area contributed by atoms with Crippen molar-refractivity contribution in [2.24, 2.45) is 0 Å². The smallest absolute Gasteiger partial charge is 0.231 e. The van der Waals surface area contributed by atoms with Gasteiger partial charge in [0.25, 0.3) is 0 Å². The topological polar surface area (TPSA) is 169 Å². The Bertz CT molecular complexity index is 1070. The number of nitrogen functional groups attached to an aromatic ring is 1. The number of ether oxygens (including phenoxy) is 1. The molecule has 1 fully saturated rings. The van der Waals surface area contributed by atoms with E-state index in [0.717, 1.165) is 0 Å². The Kier molecular flexibility index (Phi) is 4.88. The zero-order valence-corrected chi connectivity index (χ0v) is 15.4. The van der Waals surface area contributed by atoms with Crippen molar-refractivity contribution in [3.05, 3.63) is 36.2 Å². The molecule has 1 saturated heterocycles. The lowest BCUT2D eigenvalue weighted by molar-refractivity contribution is -0.0511. The SMILES string of the molecule is CC(=O)c1cccc(Nc2nc(N)c3ncn([C@@H]4O[C@H](CO)[C@@H](O)[C@H]4O)c3n2)c1. The second-order valence-corrected chi connectivity index (χ2v) is 6.75. The molecule has 4 atom stereocenters. The van der Waals surface area contributed by atoms with E-state index >= 15 is 0 Å². The molecule has 2 aromatic heterocycles. The summed E-state index contributed by atoms with van der Waals surface area (Å²) in [6.07, 6.45) is -3.11. The van der Waals surface area contributed by atoms with Crippen LogP contribution in [0.1, 0.15) is 23.5 Å². The number of rotatable bonds is 5. The van der Waals surface area contributed by atoms with Crippen LogP contribution in [0.15, 0.2) is 30.6 Å². The van der Waals surface area contributed by atoms with Crippen LogP contribution in [-0.4, -0.2) is 65.5 Å². The van der Waals surface area contributed by atoms with E-state index < -0.39 is 31.1 Å². The number of nitrogens with two attached hydrogens (primary N) is 1. The molecular weight excluding hydrogens is 380 g/mol. The van der Waals surface area contributed by atoms with Gasteiger partial charge in [0, 0.05) is 11.3 Å². The largest absolute Gasteiger partial charge is 0.394 e. The monoisotopic (exact) mass is 400 g/mol. The minimum absolute atomic E-state index is 0.0769. The van der Waals surface area contributed by atoms with Gasteiger partial charge in [0.05, 0.1) is 12.9 Å². The summed E-state index contributed by atoms with van der Waals surface area (Å²) in [4.78, 5) is 24.3. The molecule has 0 amide bonds. The molecule has 152 valence electrons. The van der Waals surface area contributed by atoms with Gasteiger partial charge in [-0.2, -0.15) is 9.97 Å². The third-order valence-electron chi connectivity index (χ3n) is 4.76. The Hall–Kier alpha value is -3.12. The molecule has 0 saturated carbocycles. The maximum atomic E-state index is 11.6. The predicted molar refractivity (Wildman–Crippen MR) is 102 cm³/mol. The third kappa shape index (κ3) is 3.40. The predicted octanol–water partition coefficient (Wildman–Crippen LogP) is -0.0338. The van der Waals surface area contributed by atoms with Gasteiger partial charge in [0.2, 0.25) is 5.95 Å². The number of nitrogens with zero attached hydrogens (tertiary/aromatic N) is 4. The fourth-order valence-electron chi connectivity index (χ4n) is 3.24. The number of Topliss-reactive ketones (excluding diaryl/α,β-unsaturated/α-hetero) is 1. The number of carbonyl (C=O) groups is 1. The number of aliphatic hydroxyl groups is 3. The first-order chi connectivity index (χ1) is 13.9. The van der Waals surface area contributed by atoms with Gasteiger partial charge in [-0.25, -0.2) is 4.98 Å².